The Morgan fingerprint density at radius 2 is 1.80 bits per heavy atom. The van der Waals surface area contributed by atoms with Gasteiger partial charge in [-0.05, 0) is 24.6 Å². The second-order valence-corrected chi connectivity index (χ2v) is 4.30. The number of carbonyl (C=O) groups is 2. The van der Waals surface area contributed by atoms with E-state index >= 15 is 0 Å². The lowest BCUT2D eigenvalue weighted by atomic mass is 10.1. The maximum atomic E-state index is 11.8. The van der Waals surface area contributed by atoms with Crippen LogP contribution in [-0.2, 0) is 9.59 Å². The minimum Gasteiger partial charge on any atom is -0.341 e. The number of benzene rings is 1. The molecule has 0 aliphatic heterocycles. The first-order chi connectivity index (χ1) is 9.66. The van der Waals surface area contributed by atoms with Gasteiger partial charge in [0.1, 0.15) is 0 Å². The highest BCUT2D eigenvalue weighted by molar-refractivity contribution is 6.39. The van der Waals surface area contributed by atoms with Gasteiger partial charge < -0.3 is 10.6 Å². The van der Waals surface area contributed by atoms with Crippen molar-refractivity contribution in [3.8, 4) is 0 Å². The van der Waals surface area contributed by atoms with E-state index in [1.54, 1.807) is 18.3 Å². The average Bonchev–Trinajstić information content (AvgIpc) is 2.49. The Morgan fingerprint density at radius 3 is 2.45 bits per heavy atom. The van der Waals surface area contributed by atoms with Crippen LogP contribution >= 0.6 is 0 Å². The molecule has 2 aromatic rings. The largest absolute Gasteiger partial charge is 0.341 e. The molecule has 1 atom stereocenters. The van der Waals surface area contributed by atoms with E-state index in [4.69, 9.17) is 0 Å². The standard InChI is InChI=1S/C15H15N3O2/c1-11(12-6-3-2-4-7-12)17-14(19)15(20)18-13-8-5-9-16-10-13/h2-11H,1H3,(H,17,19)(H,18,20)/t11-/m0/s1. The van der Waals surface area contributed by atoms with Gasteiger partial charge >= 0.3 is 11.8 Å². The van der Waals surface area contributed by atoms with E-state index in [0.717, 1.165) is 5.56 Å². The Morgan fingerprint density at radius 1 is 1.05 bits per heavy atom. The molecular formula is C15H15N3O2. The normalized spacial score (nSPS) is 11.4. The van der Waals surface area contributed by atoms with Crippen LogP contribution < -0.4 is 10.6 Å². The molecule has 0 aliphatic rings. The molecular weight excluding hydrogens is 254 g/mol. The summed E-state index contributed by atoms with van der Waals surface area (Å²) in [5.74, 6) is -1.38. The summed E-state index contributed by atoms with van der Waals surface area (Å²) in [5, 5.41) is 5.13. The summed E-state index contributed by atoms with van der Waals surface area (Å²) in [7, 11) is 0. The van der Waals surface area contributed by atoms with Crippen molar-refractivity contribution in [2.24, 2.45) is 0 Å². The highest BCUT2D eigenvalue weighted by Gasteiger charge is 2.16. The monoisotopic (exact) mass is 269 g/mol. The van der Waals surface area contributed by atoms with E-state index in [0.29, 0.717) is 5.69 Å². The second-order valence-electron chi connectivity index (χ2n) is 4.30. The molecule has 20 heavy (non-hydrogen) atoms. The van der Waals surface area contributed by atoms with Gasteiger partial charge in [0.05, 0.1) is 17.9 Å². The lowest BCUT2D eigenvalue weighted by Gasteiger charge is -2.13. The molecule has 0 unspecified atom stereocenters. The number of nitrogens with one attached hydrogen (secondary N) is 2. The molecule has 0 bridgehead atoms. The molecule has 1 aromatic heterocycles. The molecule has 0 spiro atoms. The molecule has 0 saturated carbocycles. The SMILES string of the molecule is C[C@H](NC(=O)C(=O)Nc1cccnc1)c1ccccc1. The zero-order chi connectivity index (χ0) is 14.4. The summed E-state index contributed by atoms with van der Waals surface area (Å²) in [6.45, 7) is 1.82. The minimum atomic E-state index is -0.708. The zero-order valence-corrected chi connectivity index (χ0v) is 11.0. The van der Waals surface area contributed by atoms with Crippen LogP contribution in [0.1, 0.15) is 18.5 Å². The number of hydrogen-bond acceptors (Lipinski definition) is 3. The summed E-state index contributed by atoms with van der Waals surface area (Å²) in [4.78, 5) is 27.4. The van der Waals surface area contributed by atoms with Gasteiger partial charge in [-0.15, -0.1) is 0 Å². The van der Waals surface area contributed by atoms with Gasteiger partial charge in [0.15, 0.2) is 0 Å². The molecule has 1 heterocycles. The Hall–Kier alpha value is -2.69. The molecule has 0 fully saturated rings. The van der Waals surface area contributed by atoms with Crippen LogP contribution in [0.3, 0.4) is 0 Å². The summed E-state index contributed by atoms with van der Waals surface area (Å²) in [6.07, 6.45) is 3.07. The summed E-state index contributed by atoms with van der Waals surface area (Å²) < 4.78 is 0. The van der Waals surface area contributed by atoms with Crippen LogP contribution in [-0.4, -0.2) is 16.8 Å². The van der Waals surface area contributed by atoms with Crippen LogP contribution in [0, 0.1) is 0 Å². The molecule has 5 nitrogen and oxygen atoms in total. The number of amides is 2. The molecule has 102 valence electrons. The van der Waals surface area contributed by atoms with Crippen molar-refractivity contribution in [1.82, 2.24) is 10.3 Å². The van der Waals surface area contributed by atoms with E-state index < -0.39 is 11.8 Å². The maximum Gasteiger partial charge on any atom is 0.313 e. The van der Waals surface area contributed by atoms with Crippen molar-refractivity contribution in [2.75, 3.05) is 5.32 Å². The van der Waals surface area contributed by atoms with Gasteiger partial charge in [0.25, 0.3) is 0 Å². The molecule has 0 aliphatic carbocycles. The number of pyridine rings is 1. The van der Waals surface area contributed by atoms with E-state index in [1.165, 1.54) is 6.20 Å². The van der Waals surface area contributed by atoms with Gasteiger partial charge in [-0.3, -0.25) is 14.6 Å². The quantitative estimate of drug-likeness (QED) is 0.836. The molecule has 2 amide bonds. The van der Waals surface area contributed by atoms with Gasteiger partial charge in [-0.2, -0.15) is 0 Å². The number of hydrogen-bond donors (Lipinski definition) is 2. The molecule has 2 N–H and O–H groups in total. The fraction of sp³-hybridized carbons (Fsp3) is 0.133. The van der Waals surface area contributed by atoms with E-state index in [9.17, 15) is 9.59 Å². The fourth-order valence-corrected chi connectivity index (χ4v) is 1.71. The van der Waals surface area contributed by atoms with Gasteiger partial charge in [-0.1, -0.05) is 30.3 Å². The summed E-state index contributed by atoms with van der Waals surface area (Å²) in [5.41, 5.74) is 1.43. The number of anilines is 1. The highest BCUT2D eigenvalue weighted by atomic mass is 16.2. The fourth-order valence-electron chi connectivity index (χ4n) is 1.71. The Balaban J connectivity index is 1.93. The number of carbonyl (C=O) groups excluding carboxylic acids is 2. The van der Waals surface area contributed by atoms with Gasteiger partial charge in [0.2, 0.25) is 0 Å². The van der Waals surface area contributed by atoms with Crippen molar-refractivity contribution >= 4 is 17.5 Å². The Labute approximate surface area is 117 Å². The van der Waals surface area contributed by atoms with Crippen LogP contribution in [0.4, 0.5) is 5.69 Å². The van der Waals surface area contributed by atoms with Crippen molar-refractivity contribution in [3.05, 3.63) is 60.4 Å². The first-order valence-electron chi connectivity index (χ1n) is 6.23. The first-order valence-corrected chi connectivity index (χ1v) is 6.23. The number of aromatic nitrogens is 1. The van der Waals surface area contributed by atoms with Crippen LogP contribution in [0.15, 0.2) is 54.9 Å². The number of nitrogens with zero attached hydrogens (tertiary/aromatic N) is 1. The molecule has 0 saturated heterocycles. The summed E-state index contributed by atoms with van der Waals surface area (Å²) >= 11 is 0. The van der Waals surface area contributed by atoms with Crippen LogP contribution in [0.2, 0.25) is 0 Å². The molecule has 0 radical (unpaired) electrons. The van der Waals surface area contributed by atoms with E-state index in [1.807, 2.05) is 37.3 Å². The highest BCUT2D eigenvalue weighted by Crippen LogP contribution is 2.11. The minimum absolute atomic E-state index is 0.233. The predicted octanol–water partition coefficient (Wildman–Crippen LogP) is 1.90. The van der Waals surface area contributed by atoms with Crippen molar-refractivity contribution in [3.63, 3.8) is 0 Å². The van der Waals surface area contributed by atoms with Crippen molar-refractivity contribution in [1.29, 1.82) is 0 Å². The van der Waals surface area contributed by atoms with Crippen LogP contribution in [0.25, 0.3) is 0 Å². The van der Waals surface area contributed by atoms with Gasteiger partial charge in [-0.25, -0.2) is 0 Å². The van der Waals surface area contributed by atoms with Crippen molar-refractivity contribution < 1.29 is 9.59 Å². The zero-order valence-electron chi connectivity index (χ0n) is 11.0. The van der Waals surface area contributed by atoms with Gasteiger partial charge in [0, 0.05) is 6.20 Å². The Bertz CT molecular complexity index is 585. The summed E-state index contributed by atoms with van der Waals surface area (Å²) in [6, 6.07) is 12.6. The third-order valence-electron chi connectivity index (χ3n) is 2.77. The average molecular weight is 269 g/mol. The smallest absolute Gasteiger partial charge is 0.313 e. The number of rotatable bonds is 3. The predicted molar refractivity (Wildman–Crippen MR) is 75.9 cm³/mol. The second kappa shape index (κ2) is 6.47. The van der Waals surface area contributed by atoms with Crippen molar-refractivity contribution in [2.45, 2.75) is 13.0 Å². The first kappa shape index (κ1) is 13.7. The third kappa shape index (κ3) is 3.65. The topological polar surface area (TPSA) is 71.1 Å². The van der Waals surface area contributed by atoms with Crippen LogP contribution in [0.5, 0.6) is 0 Å². The molecule has 1 aromatic carbocycles. The molecule has 5 heteroatoms. The maximum absolute atomic E-state index is 11.8. The lowest BCUT2D eigenvalue weighted by molar-refractivity contribution is -0.136. The Kier molecular flexibility index (Phi) is 4.44. The molecule has 2 rings (SSSR count). The lowest BCUT2D eigenvalue weighted by Crippen LogP contribution is -2.36. The van der Waals surface area contributed by atoms with E-state index in [-0.39, 0.29) is 6.04 Å². The third-order valence-corrected chi connectivity index (χ3v) is 2.77. The van der Waals surface area contributed by atoms with E-state index in [2.05, 4.69) is 15.6 Å².